The van der Waals surface area contributed by atoms with Crippen LogP contribution in [0.2, 0.25) is 0 Å². The van der Waals surface area contributed by atoms with E-state index in [4.69, 9.17) is 5.73 Å². The van der Waals surface area contributed by atoms with Crippen molar-refractivity contribution in [3.63, 3.8) is 0 Å². The topological polar surface area (TPSA) is 84.1 Å². The monoisotopic (exact) mass is 365 g/mol. The summed E-state index contributed by atoms with van der Waals surface area (Å²) >= 11 is 0. The predicted molar refractivity (Wildman–Crippen MR) is 105 cm³/mol. The van der Waals surface area contributed by atoms with Gasteiger partial charge >= 0.3 is 0 Å². The second kappa shape index (κ2) is 8.05. The highest BCUT2D eigenvalue weighted by Gasteiger charge is 2.27. The van der Waals surface area contributed by atoms with Crippen molar-refractivity contribution in [3.05, 3.63) is 53.0 Å². The molecular weight excluding hydrogens is 338 g/mol. The average molecular weight is 365 g/mol. The number of benzene rings is 1. The highest BCUT2D eigenvalue weighted by atomic mass is 16.2. The summed E-state index contributed by atoms with van der Waals surface area (Å²) < 4.78 is 0. The van der Waals surface area contributed by atoms with E-state index in [2.05, 4.69) is 27.4 Å². The van der Waals surface area contributed by atoms with Crippen molar-refractivity contribution in [1.82, 2.24) is 20.2 Å². The van der Waals surface area contributed by atoms with Crippen LogP contribution in [0.25, 0.3) is 0 Å². The molecule has 1 saturated heterocycles. The first-order valence-electron chi connectivity index (χ1n) is 9.91. The number of rotatable bonds is 4. The first kappa shape index (κ1) is 17.9. The Morgan fingerprint density at radius 2 is 2.04 bits per heavy atom. The van der Waals surface area contributed by atoms with Gasteiger partial charge in [-0.2, -0.15) is 0 Å². The van der Waals surface area contributed by atoms with Gasteiger partial charge < -0.3 is 16.0 Å². The Labute approximate surface area is 160 Å². The van der Waals surface area contributed by atoms with E-state index in [1.54, 1.807) is 12.3 Å². The van der Waals surface area contributed by atoms with Crippen LogP contribution in [-0.4, -0.2) is 39.9 Å². The summed E-state index contributed by atoms with van der Waals surface area (Å²) in [6.07, 6.45) is 8.04. The summed E-state index contributed by atoms with van der Waals surface area (Å²) in [5, 5.41) is 3.43. The number of nitrogens with two attached hydrogens (primary N) is 1. The number of aromatic nitrogens is 2. The summed E-state index contributed by atoms with van der Waals surface area (Å²) in [6, 6.07) is 8.05. The van der Waals surface area contributed by atoms with Gasteiger partial charge in [-0.15, -0.1) is 0 Å². The highest BCUT2D eigenvalue weighted by molar-refractivity contribution is 5.94. The number of nitrogens with zero attached hydrogens (tertiary/aromatic N) is 3. The second-order valence-corrected chi connectivity index (χ2v) is 7.50. The number of nitrogen functional groups attached to an aromatic ring is 1. The van der Waals surface area contributed by atoms with Gasteiger partial charge in [-0.1, -0.05) is 6.07 Å². The van der Waals surface area contributed by atoms with E-state index in [1.807, 2.05) is 11.0 Å². The van der Waals surface area contributed by atoms with Crippen molar-refractivity contribution in [2.24, 2.45) is 0 Å². The maximum absolute atomic E-state index is 13.5. The van der Waals surface area contributed by atoms with Gasteiger partial charge in [0.25, 0.3) is 5.91 Å². The van der Waals surface area contributed by atoms with E-state index in [9.17, 15) is 4.79 Å². The largest absolute Gasteiger partial charge is 0.384 e. The molecule has 0 radical (unpaired) electrons. The zero-order valence-electron chi connectivity index (χ0n) is 15.7. The van der Waals surface area contributed by atoms with Gasteiger partial charge in [-0.05, 0) is 80.9 Å². The van der Waals surface area contributed by atoms with Gasteiger partial charge in [0.05, 0.1) is 6.54 Å². The summed E-state index contributed by atoms with van der Waals surface area (Å²) in [5.74, 6) is 1.11. The molecule has 6 heteroatoms. The lowest BCUT2D eigenvalue weighted by Crippen LogP contribution is -2.41. The van der Waals surface area contributed by atoms with E-state index in [0.717, 1.165) is 50.8 Å². The van der Waals surface area contributed by atoms with Crippen molar-refractivity contribution in [3.8, 4) is 0 Å². The third kappa shape index (κ3) is 4.11. The fourth-order valence-corrected chi connectivity index (χ4v) is 4.19. The van der Waals surface area contributed by atoms with Crippen LogP contribution < -0.4 is 11.1 Å². The maximum atomic E-state index is 13.5. The molecule has 142 valence electrons. The first-order chi connectivity index (χ1) is 13.2. The minimum Gasteiger partial charge on any atom is -0.384 e. The molecule has 3 N–H and O–H groups in total. The third-order valence-corrected chi connectivity index (χ3v) is 5.63. The molecule has 6 nitrogen and oxygen atoms in total. The number of amides is 1. The van der Waals surface area contributed by atoms with Crippen LogP contribution in [0.5, 0.6) is 0 Å². The molecule has 1 atom stereocenters. The molecule has 2 aromatic rings. The summed E-state index contributed by atoms with van der Waals surface area (Å²) in [7, 11) is 0. The Kier molecular flexibility index (Phi) is 5.34. The predicted octanol–water partition coefficient (Wildman–Crippen LogP) is 2.33. The Hall–Kier alpha value is -2.47. The maximum Gasteiger partial charge on any atom is 0.254 e. The van der Waals surface area contributed by atoms with Crippen molar-refractivity contribution >= 4 is 11.7 Å². The Morgan fingerprint density at radius 3 is 2.93 bits per heavy atom. The number of fused-ring (bicyclic) bond motifs is 1. The van der Waals surface area contributed by atoms with Gasteiger partial charge in [0, 0.05) is 17.8 Å². The average Bonchev–Trinajstić information content (AvgIpc) is 2.98. The van der Waals surface area contributed by atoms with Crippen LogP contribution in [0, 0.1) is 0 Å². The van der Waals surface area contributed by atoms with Gasteiger partial charge in [0.2, 0.25) is 0 Å². The zero-order chi connectivity index (χ0) is 18.6. The van der Waals surface area contributed by atoms with Gasteiger partial charge in [-0.3, -0.25) is 4.79 Å². The van der Waals surface area contributed by atoms with Crippen molar-refractivity contribution in [2.75, 3.05) is 18.8 Å². The number of hydrogen-bond acceptors (Lipinski definition) is 5. The summed E-state index contributed by atoms with van der Waals surface area (Å²) in [6.45, 7) is 2.33. The van der Waals surface area contributed by atoms with Gasteiger partial charge in [0.15, 0.2) is 0 Å². The number of hydrogen-bond donors (Lipinski definition) is 2. The number of carbonyl (C=O) groups is 1. The molecule has 1 aliphatic heterocycles. The lowest BCUT2D eigenvalue weighted by molar-refractivity contribution is 0.0639. The second-order valence-electron chi connectivity index (χ2n) is 7.50. The molecule has 0 bridgehead atoms. The molecule has 1 fully saturated rings. The fraction of sp³-hybridized carbons (Fsp3) is 0.476. The lowest BCUT2D eigenvalue weighted by Gasteiger charge is -2.31. The SMILES string of the molecule is Nc1ccnc(CN(C(=O)c2ccc3c(c2)CCC3)[C@@H]2CCCNCC2)n1. The Balaban J connectivity index is 1.62. The van der Waals surface area contributed by atoms with E-state index < -0.39 is 0 Å². The molecule has 1 aromatic carbocycles. The van der Waals surface area contributed by atoms with E-state index in [-0.39, 0.29) is 11.9 Å². The molecule has 1 aliphatic carbocycles. The smallest absolute Gasteiger partial charge is 0.254 e. The third-order valence-electron chi connectivity index (χ3n) is 5.63. The highest BCUT2D eigenvalue weighted by Crippen LogP contribution is 2.25. The summed E-state index contributed by atoms with van der Waals surface area (Å²) in [4.78, 5) is 24.1. The Morgan fingerprint density at radius 1 is 1.15 bits per heavy atom. The molecule has 2 heterocycles. The minimum atomic E-state index is 0.0719. The number of carbonyl (C=O) groups excluding carboxylic acids is 1. The quantitative estimate of drug-likeness (QED) is 0.869. The summed E-state index contributed by atoms with van der Waals surface area (Å²) in [5.41, 5.74) is 9.30. The number of aryl methyl sites for hydroxylation is 2. The number of anilines is 1. The van der Waals surface area contributed by atoms with Gasteiger partial charge in [-0.25, -0.2) is 9.97 Å². The number of nitrogens with one attached hydrogen (secondary N) is 1. The van der Waals surface area contributed by atoms with Crippen molar-refractivity contribution < 1.29 is 4.79 Å². The van der Waals surface area contributed by atoms with E-state index >= 15 is 0 Å². The Bertz CT molecular complexity index is 814. The zero-order valence-corrected chi connectivity index (χ0v) is 15.7. The van der Waals surface area contributed by atoms with Crippen LogP contribution in [0.15, 0.2) is 30.5 Å². The van der Waals surface area contributed by atoms with Gasteiger partial charge in [0.1, 0.15) is 11.6 Å². The van der Waals surface area contributed by atoms with Crippen LogP contribution in [0.3, 0.4) is 0 Å². The standard InChI is InChI=1S/C21H27N5O/c22-19-9-12-24-20(25-19)14-26(18-5-2-10-23-11-8-18)21(27)17-7-6-15-3-1-4-16(15)13-17/h6-7,9,12-13,18,23H,1-5,8,10-11,14H2,(H2,22,24,25)/t18-/m1/s1. The van der Waals surface area contributed by atoms with E-state index in [0.29, 0.717) is 18.2 Å². The molecule has 1 amide bonds. The van der Waals surface area contributed by atoms with Crippen LogP contribution in [0.1, 0.15) is 53.0 Å². The molecule has 0 saturated carbocycles. The molecule has 1 aromatic heterocycles. The molecule has 0 unspecified atom stereocenters. The molecule has 4 rings (SSSR count). The van der Waals surface area contributed by atoms with E-state index in [1.165, 1.54) is 17.5 Å². The normalized spacial score (nSPS) is 19.3. The molecule has 0 spiro atoms. The fourth-order valence-electron chi connectivity index (χ4n) is 4.19. The molecular formula is C21H27N5O. The van der Waals surface area contributed by atoms with Crippen LogP contribution in [-0.2, 0) is 19.4 Å². The molecule has 2 aliphatic rings. The first-order valence-corrected chi connectivity index (χ1v) is 9.91. The van der Waals surface area contributed by atoms with Crippen molar-refractivity contribution in [2.45, 2.75) is 51.1 Å². The van der Waals surface area contributed by atoms with Crippen LogP contribution >= 0.6 is 0 Å². The minimum absolute atomic E-state index is 0.0719. The van der Waals surface area contributed by atoms with Crippen LogP contribution in [0.4, 0.5) is 5.82 Å². The molecule has 27 heavy (non-hydrogen) atoms. The lowest BCUT2D eigenvalue weighted by atomic mass is 10.0. The van der Waals surface area contributed by atoms with Crippen molar-refractivity contribution in [1.29, 1.82) is 0 Å².